The van der Waals surface area contributed by atoms with E-state index in [1.807, 2.05) is 0 Å². The Labute approximate surface area is 183 Å². The normalized spacial score (nSPS) is 39.1. The lowest BCUT2D eigenvalue weighted by Gasteiger charge is -2.62. The van der Waals surface area contributed by atoms with Crippen molar-refractivity contribution >= 4 is 12.2 Å². The van der Waals surface area contributed by atoms with Crippen LogP contribution in [0.4, 0.5) is 0 Å². The van der Waals surface area contributed by atoms with E-state index in [1.165, 1.54) is 57.6 Å². The van der Waals surface area contributed by atoms with E-state index in [1.54, 1.807) is 18.2 Å². The second kappa shape index (κ2) is 9.09. The van der Waals surface area contributed by atoms with Gasteiger partial charge in [0, 0.05) is 6.20 Å². The van der Waals surface area contributed by atoms with Gasteiger partial charge in [-0.3, -0.25) is 0 Å². The molecule has 4 rings (SSSR count). The molecule has 3 fully saturated rings. The van der Waals surface area contributed by atoms with Crippen molar-refractivity contribution in [3.63, 3.8) is 0 Å². The van der Waals surface area contributed by atoms with Gasteiger partial charge >= 0.3 is 0 Å². The molecule has 0 spiro atoms. The molecule has 1 heterocycles. The Bertz CT molecular complexity index is 732. The summed E-state index contributed by atoms with van der Waals surface area (Å²) in [5.41, 5.74) is 7.25. The van der Waals surface area contributed by atoms with Crippen LogP contribution in [0, 0.1) is 45.1 Å². The minimum Gasteiger partial charge on any atom is -0.428 e. The van der Waals surface area contributed by atoms with Gasteiger partial charge < -0.3 is 10.9 Å². The summed E-state index contributed by atoms with van der Waals surface area (Å²) in [7, 11) is 0. The molecule has 1 aromatic heterocycles. The quantitative estimate of drug-likeness (QED) is 0.415. The number of rotatable bonds is 2. The maximum atomic E-state index is 8.73. The van der Waals surface area contributed by atoms with E-state index in [4.69, 9.17) is 10.9 Å². The van der Waals surface area contributed by atoms with Gasteiger partial charge in [-0.15, -0.1) is 0 Å². The van der Waals surface area contributed by atoms with Gasteiger partial charge in [0.25, 0.3) is 0 Å². The molecule has 0 bridgehead atoms. The number of nitrogens with two attached hydrogens (primary N) is 1. The van der Waals surface area contributed by atoms with Gasteiger partial charge in [-0.25, -0.2) is 0 Å². The Hall–Kier alpha value is -0.870. The number of aromatic nitrogens is 1. The monoisotopic (exact) mass is 418 g/mol. The molecule has 6 unspecified atom stereocenters. The van der Waals surface area contributed by atoms with Crippen molar-refractivity contribution in [3.05, 3.63) is 29.0 Å². The van der Waals surface area contributed by atoms with Crippen LogP contribution in [0.1, 0.15) is 79.1 Å². The standard InChI is InChI=1S/C20H37N.C5H5NOS/c1-14(2)15-6-8-17-16(12-15)7-9-18-19(3,13-21)10-5-11-20(17,18)4;7-6-4-2-1-3-5(6)8/h14-18H,5-13,21H2,1-4H3;1-4,7H. The van der Waals surface area contributed by atoms with Gasteiger partial charge in [0.2, 0.25) is 0 Å². The molecule has 0 amide bonds. The highest BCUT2D eigenvalue weighted by Crippen LogP contribution is 2.64. The summed E-state index contributed by atoms with van der Waals surface area (Å²) >= 11 is 4.67. The van der Waals surface area contributed by atoms with Crippen LogP contribution in [0.3, 0.4) is 0 Å². The fraction of sp³-hybridized carbons (Fsp3) is 0.800. The summed E-state index contributed by atoms with van der Waals surface area (Å²) in [6.45, 7) is 10.9. The number of pyridine rings is 1. The van der Waals surface area contributed by atoms with Crippen molar-refractivity contribution in [2.45, 2.75) is 79.1 Å². The Balaban J connectivity index is 0.000000252. The average molecular weight is 419 g/mol. The van der Waals surface area contributed by atoms with Gasteiger partial charge in [0.1, 0.15) is 4.64 Å². The minimum atomic E-state index is 0.423. The van der Waals surface area contributed by atoms with Crippen LogP contribution in [0.5, 0.6) is 0 Å². The van der Waals surface area contributed by atoms with Gasteiger partial charge in [-0.05, 0) is 104 Å². The molecule has 0 aromatic carbocycles. The lowest BCUT2D eigenvalue weighted by Crippen LogP contribution is -2.55. The summed E-state index contributed by atoms with van der Waals surface area (Å²) < 4.78 is 1.32. The first kappa shape index (κ1) is 22.8. The van der Waals surface area contributed by atoms with E-state index in [0.717, 1.165) is 40.9 Å². The van der Waals surface area contributed by atoms with Gasteiger partial charge in [-0.1, -0.05) is 52.4 Å². The topological polar surface area (TPSA) is 51.2 Å². The Morgan fingerprint density at radius 1 is 1.17 bits per heavy atom. The zero-order valence-electron chi connectivity index (χ0n) is 18.9. The van der Waals surface area contributed by atoms with E-state index in [0.29, 0.717) is 15.5 Å². The molecule has 6 atom stereocenters. The molecule has 3 aliphatic rings. The zero-order chi connectivity index (χ0) is 21.2. The summed E-state index contributed by atoms with van der Waals surface area (Å²) in [6, 6.07) is 5.13. The summed E-state index contributed by atoms with van der Waals surface area (Å²) in [6.07, 6.45) is 13.2. The van der Waals surface area contributed by atoms with Crippen LogP contribution in [-0.2, 0) is 0 Å². The fourth-order valence-electron chi connectivity index (χ4n) is 7.28. The molecule has 1 aromatic rings. The Morgan fingerprint density at radius 2 is 1.93 bits per heavy atom. The van der Waals surface area contributed by atoms with Crippen LogP contribution in [0.25, 0.3) is 0 Å². The molecule has 0 saturated heterocycles. The van der Waals surface area contributed by atoms with Gasteiger partial charge in [0.15, 0.2) is 0 Å². The first-order chi connectivity index (χ1) is 13.7. The van der Waals surface area contributed by atoms with Crippen molar-refractivity contribution in [2.75, 3.05) is 6.54 Å². The average Bonchev–Trinajstić information content (AvgIpc) is 2.70. The van der Waals surface area contributed by atoms with Crippen LogP contribution in [-0.4, -0.2) is 16.5 Å². The molecule has 3 aliphatic carbocycles. The molecule has 3 N–H and O–H groups in total. The maximum absolute atomic E-state index is 8.73. The third kappa shape index (κ3) is 4.58. The van der Waals surface area contributed by atoms with E-state index in [2.05, 4.69) is 39.9 Å². The Morgan fingerprint density at radius 3 is 2.52 bits per heavy atom. The maximum Gasteiger partial charge on any atom is 0.142 e. The van der Waals surface area contributed by atoms with E-state index in [-0.39, 0.29) is 0 Å². The molecular formula is C25H42N2OS. The second-order valence-corrected chi connectivity index (χ2v) is 11.3. The highest BCUT2D eigenvalue weighted by Gasteiger charge is 2.56. The van der Waals surface area contributed by atoms with Crippen LogP contribution < -0.4 is 5.73 Å². The highest BCUT2D eigenvalue weighted by atomic mass is 32.1. The number of hydrogen-bond donors (Lipinski definition) is 2. The van der Waals surface area contributed by atoms with Crippen molar-refractivity contribution in [1.82, 2.24) is 4.73 Å². The lowest BCUT2D eigenvalue weighted by molar-refractivity contribution is -0.119. The predicted octanol–water partition coefficient (Wildman–Crippen LogP) is 6.69. The van der Waals surface area contributed by atoms with Gasteiger partial charge in [-0.2, -0.15) is 4.73 Å². The molecule has 0 aliphatic heterocycles. The predicted molar refractivity (Wildman–Crippen MR) is 123 cm³/mol. The van der Waals surface area contributed by atoms with Crippen LogP contribution >= 0.6 is 12.2 Å². The van der Waals surface area contributed by atoms with Crippen molar-refractivity contribution < 1.29 is 5.21 Å². The molecule has 3 saturated carbocycles. The summed E-state index contributed by atoms with van der Waals surface area (Å²) in [5, 5.41) is 8.73. The fourth-order valence-corrected chi connectivity index (χ4v) is 7.42. The number of fused-ring (bicyclic) bond motifs is 3. The summed E-state index contributed by atoms with van der Waals surface area (Å²) in [5.74, 6) is 4.79. The first-order valence-corrected chi connectivity index (χ1v) is 12.2. The molecule has 3 nitrogen and oxygen atoms in total. The summed E-state index contributed by atoms with van der Waals surface area (Å²) in [4.78, 5) is 0. The van der Waals surface area contributed by atoms with E-state index >= 15 is 0 Å². The van der Waals surface area contributed by atoms with Crippen molar-refractivity contribution in [2.24, 2.45) is 46.2 Å². The van der Waals surface area contributed by atoms with E-state index in [9.17, 15) is 0 Å². The third-order valence-electron chi connectivity index (χ3n) is 9.01. The van der Waals surface area contributed by atoms with Crippen molar-refractivity contribution in [1.29, 1.82) is 0 Å². The first-order valence-electron chi connectivity index (χ1n) is 11.8. The minimum absolute atomic E-state index is 0.423. The van der Waals surface area contributed by atoms with E-state index < -0.39 is 0 Å². The molecule has 4 heteroatoms. The third-order valence-corrected chi connectivity index (χ3v) is 9.33. The largest absolute Gasteiger partial charge is 0.428 e. The lowest BCUT2D eigenvalue weighted by atomic mass is 9.43. The van der Waals surface area contributed by atoms with Crippen LogP contribution in [0.2, 0.25) is 0 Å². The molecular weight excluding hydrogens is 376 g/mol. The number of hydrogen-bond acceptors (Lipinski definition) is 3. The second-order valence-electron chi connectivity index (χ2n) is 10.9. The molecule has 0 radical (unpaired) electrons. The Kier molecular flexibility index (Phi) is 7.15. The van der Waals surface area contributed by atoms with Crippen LogP contribution in [0.15, 0.2) is 24.4 Å². The number of nitrogens with zero attached hydrogens (tertiary/aromatic N) is 1. The molecule has 29 heavy (non-hydrogen) atoms. The van der Waals surface area contributed by atoms with Crippen molar-refractivity contribution in [3.8, 4) is 0 Å². The van der Waals surface area contributed by atoms with Gasteiger partial charge in [0.05, 0.1) is 0 Å². The SMILES string of the molecule is CC(C)C1CCC2C(CCC3C(C)(CN)CCCC23C)C1.On1ccccc1=S. The highest BCUT2D eigenvalue weighted by molar-refractivity contribution is 7.71. The molecule has 164 valence electrons. The zero-order valence-corrected chi connectivity index (χ0v) is 19.8. The smallest absolute Gasteiger partial charge is 0.142 e.